The average Bonchev–Trinajstić information content (AvgIpc) is 2.76. The molecule has 2 aliphatic rings. The Morgan fingerprint density at radius 3 is 2.42 bits per heavy atom. The van der Waals surface area contributed by atoms with Crippen LogP contribution in [0.2, 0.25) is 0 Å². The van der Waals surface area contributed by atoms with Gasteiger partial charge in [-0.15, -0.1) is 0 Å². The Bertz CT molecular complexity index is 1180. The van der Waals surface area contributed by atoms with E-state index in [4.69, 9.17) is 4.74 Å². The van der Waals surface area contributed by atoms with Crippen molar-refractivity contribution in [2.75, 3.05) is 0 Å². The second-order valence-electron chi connectivity index (χ2n) is 9.34. The van der Waals surface area contributed by atoms with Crippen molar-refractivity contribution in [1.29, 1.82) is 0 Å². The molecule has 1 atom stereocenters. The van der Waals surface area contributed by atoms with Gasteiger partial charge in [0.05, 0.1) is 10.5 Å². The summed E-state index contributed by atoms with van der Waals surface area (Å²) < 4.78 is 5.63. The van der Waals surface area contributed by atoms with Crippen LogP contribution in [0.25, 0.3) is 0 Å². The number of Topliss-reactive ketones (excluding diaryl/α,β-unsaturated/α-hetero) is 1. The molecule has 33 heavy (non-hydrogen) atoms. The van der Waals surface area contributed by atoms with Gasteiger partial charge in [0.25, 0.3) is 5.69 Å². The quantitative estimate of drug-likeness (QED) is 0.397. The Balaban J connectivity index is 1.74. The molecule has 0 radical (unpaired) electrons. The van der Waals surface area contributed by atoms with Crippen molar-refractivity contribution in [2.45, 2.75) is 46.1 Å². The summed E-state index contributed by atoms with van der Waals surface area (Å²) in [5.41, 5.74) is 3.58. The van der Waals surface area contributed by atoms with Crippen LogP contribution in [0, 0.1) is 15.5 Å². The van der Waals surface area contributed by atoms with Crippen LogP contribution in [0.15, 0.2) is 77.1 Å². The zero-order valence-electron chi connectivity index (χ0n) is 18.9. The molecule has 170 valence electrons. The third kappa shape index (κ3) is 4.58. The first-order chi connectivity index (χ1) is 15.7. The molecule has 7 nitrogen and oxygen atoms in total. The molecule has 1 aliphatic carbocycles. The molecular weight excluding hydrogens is 420 g/mol. The molecule has 0 aromatic heterocycles. The number of ketones is 1. The standard InChI is InChI=1S/C26H26N2O5/c1-16-22(25(30)33-15-17-7-5-4-6-8-17)23(18-9-11-19(12-10-18)28(31)32)24-20(27-16)13-26(2,3)14-21(24)29/h4-12,23,27H,13-15H2,1-3H3. The molecule has 1 aliphatic heterocycles. The van der Waals surface area contributed by atoms with E-state index >= 15 is 0 Å². The lowest BCUT2D eigenvalue weighted by atomic mass is 9.68. The van der Waals surface area contributed by atoms with Gasteiger partial charge in [0.2, 0.25) is 0 Å². The van der Waals surface area contributed by atoms with Crippen LogP contribution in [0.3, 0.4) is 0 Å². The van der Waals surface area contributed by atoms with Gasteiger partial charge in [0.15, 0.2) is 5.78 Å². The van der Waals surface area contributed by atoms with Gasteiger partial charge >= 0.3 is 5.97 Å². The van der Waals surface area contributed by atoms with Crippen LogP contribution in [0.4, 0.5) is 5.69 Å². The molecule has 0 bridgehead atoms. The summed E-state index contributed by atoms with van der Waals surface area (Å²) in [7, 11) is 0. The number of dihydropyridines is 1. The minimum atomic E-state index is -0.645. The lowest BCUT2D eigenvalue weighted by Gasteiger charge is -2.39. The molecule has 0 saturated carbocycles. The summed E-state index contributed by atoms with van der Waals surface area (Å²) in [6.45, 7) is 5.99. The van der Waals surface area contributed by atoms with E-state index < -0.39 is 16.8 Å². The maximum atomic E-state index is 13.3. The number of carbonyl (C=O) groups is 2. The predicted molar refractivity (Wildman–Crippen MR) is 123 cm³/mol. The number of nitrogens with zero attached hydrogens (tertiary/aromatic N) is 1. The number of allylic oxidation sites excluding steroid dienone is 3. The molecule has 0 spiro atoms. The topological polar surface area (TPSA) is 98.5 Å². The largest absolute Gasteiger partial charge is 0.457 e. The monoisotopic (exact) mass is 446 g/mol. The number of benzene rings is 2. The van der Waals surface area contributed by atoms with Crippen molar-refractivity contribution in [3.8, 4) is 0 Å². The minimum Gasteiger partial charge on any atom is -0.457 e. The smallest absolute Gasteiger partial charge is 0.337 e. The first kappa shape index (κ1) is 22.5. The van der Waals surface area contributed by atoms with E-state index in [-0.39, 0.29) is 23.5 Å². The molecule has 0 fully saturated rings. The molecule has 1 heterocycles. The summed E-state index contributed by atoms with van der Waals surface area (Å²) in [5.74, 6) is -1.19. The molecule has 2 aromatic carbocycles. The first-order valence-corrected chi connectivity index (χ1v) is 10.9. The first-order valence-electron chi connectivity index (χ1n) is 10.9. The predicted octanol–water partition coefficient (Wildman–Crippen LogP) is 4.94. The summed E-state index contributed by atoms with van der Waals surface area (Å²) in [6, 6.07) is 15.4. The maximum absolute atomic E-state index is 13.3. The molecule has 0 amide bonds. The van der Waals surface area contributed by atoms with E-state index in [0.717, 1.165) is 11.3 Å². The fourth-order valence-electron chi connectivity index (χ4n) is 4.63. The lowest BCUT2D eigenvalue weighted by molar-refractivity contribution is -0.384. The van der Waals surface area contributed by atoms with Crippen LogP contribution in [-0.4, -0.2) is 16.7 Å². The number of nitrogens with one attached hydrogen (secondary N) is 1. The molecule has 2 aromatic rings. The maximum Gasteiger partial charge on any atom is 0.337 e. The van der Waals surface area contributed by atoms with Gasteiger partial charge in [-0.25, -0.2) is 4.79 Å². The highest BCUT2D eigenvalue weighted by atomic mass is 16.6. The van der Waals surface area contributed by atoms with Gasteiger partial charge in [-0.1, -0.05) is 56.3 Å². The highest BCUT2D eigenvalue weighted by Gasteiger charge is 2.43. The van der Waals surface area contributed by atoms with E-state index in [9.17, 15) is 19.7 Å². The van der Waals surface area contributed by atoms with Crippen molar-refractivity contribution < 1.29 is 19.2 Å². The molecule has 1 N–H and O–H groups in total. The summed E-state index contributed by atoms with van der Waals surface area (Å²) in [6.07, 6.45) is 1.03. The van der Waals surface area contributed by atoms with Gasteiger partial charge in [0.1, 0.15) is 6.61 Å². The van der Waals surface area contributed by atoms with Crippen LogP contribution >= 0.6 is 0 Å². The summed E-state index contributed by atoms with van der Waals surface area (Å²) >= 11 is 0. The second kappa shape index (κ2) is 8.65. The highest BCUT2D eigenvalue weighted by molar-refractivity contribution is 6.04. The average molecular weight is 447 g/mol. The number of esters is 1. The number of non-ortho nitro benzene ring substituents is 1. The Labute approximate surface area is 192 Å². The van der Waals surface area contributed by atoms with Gasteiger partial charge in [-0.3, -0.25) is 14.9 Å². The van der Waals surface area contributed by atoms with Crippen molar-refractivity contribution in [3.63, 3.8) is 0 Å². The molecule has 0 saturated heterocycles. The van der Waals surface area contributed by atoms with Crippen LogP contribution in [0.5, 0.6) is 0 Å². The van der Waals surface area contributed by atoms with Gasteiger partial charge in [-0.05, 0) is 29.9 Å². The third-order valence-corrected chi connectivity index (χ3v) is 6.11. The highest BCUT2D eigenvalue weighted by Crippen LogP contribution is 2.47. The van der Waals surface area contributed by atoms with E-state index in [2.05, 4.69) is 5.32 Å². The number of ether oxygens (including phenoxy) is 1. The normalized spacial score (nSPS) is 19.6. The van der Waals surface area contributed by atoms with Crippen LogP contribution < -0.4 is 5.32 Å². The minimum absolute atomic E-state index is 0.0297. The van der Waals surface area contributed by atoms with E-state index in [1.54, 1.807) is 19.1 Å². The number of nitro benzene ring substituents is 1. The van der Waals surface area contributed by atoms with Crippen molar-refractivity contribution in [3.05, 3.63) is 98.4 Å². The zero-order chi connectivity index (χ0) is 23.8. The summed E-state index contributed by atoms with van der Waals surface area (Å²) in [5, 5.41) is 14.4. The van der Waals surface area contributed by atoms with E-state index in [1.807, 2.05) is 44.2 Å². The number of hydrogen-bond donors (Lipinski definition) is 1. The van der Waals surface area contributed by atoms with Crippen molar-refractivity contribution >= 4 is 17.4 Å². The fraction of sp³-hybridized carbons (Fsp3) is 0.308. The van der Waals surface area contributed by atoms with Gasteiger partial charge in [0, 0.05) is 41.4 Å². The Hall–Kier alpha value is -3.74. The molecule has 1 unspecified atom stereocenters. The second-order valence-corrected chi connectivity index (χ2v) is 9.34. The van der Waals surface area contributed by atoms with Crippen molar-refractivity contribution in [2.24, 2.45) is 5.41 Å². The number of hydrogen-bond acceptors (Lipinski definition) is 6. The number of nitro groups is 1. The molecular formula is C26H26N2O5. The van der Waals surface area contributed by atoms with Gasteiger partial charge < -0.3 is 10.1 Å². The van der Waals surface area contributed by atoms with E-state index in [0.29, 0.717) is 35.2 Å². The summed E-state index contributed by atoms with van der Waals surface area (Å²) in [4.78, 5) is 37.2. The Kier molecular flexibility index (Phi) is 5.89. The van der Waals surface area contributed by atoms with Crippen molar-refractivity contribution in [1.82, 2.24) is 5.32 Å². The molecule has 4 rings (SSSR count). The van der Waals surface area contributed by atoms with Crippen LogP contribution in [-0.2, 0) is 20.9 Å². The van der Waals surface area contributed by atoms with Gasteiger partial charge in [-0.2, -0.15) is 0 Å². The SMILES string of the molecule is CC1=C(C(=O)OCc2ccccc2)C(c2ccc([N+](=O)[O-])cc2)C2=C(CC(C)(C)CC2=O)N1. The third-order valence-electron chi connectivity index (χ3n) is 6.11. The van der Waals surface area contributed by atoms with Crippen LogP contribution in [0.1, 0.15) is 50.7 Å². The lowest BCUT2D eigenvalue weighted by Crippen LogP contribution is -2.38. The Morgan fingerprint density at radius 1 is 1.12 bits per heavy atom. The Morgan fingerprint density at radius 2 is 1.79 bits per heavy atom. The zero-order valence-corrected chi connectivity index (χ0v) is 18.9. The molecule has 7 heteroatoms. The number of rotatable bonds is 5. The number of carbonyl (C=O) groups excluding carboxylic acids is 2. The fourth-order valence-corrected chi connectivity index (χ4v) is 4.63. The van der Waals surface area contributed by atoms with E-state index in [1.165, 1.54) is 12.1 Å².